The summed E-state index contributed by atoms with van der Waals surface area (Å²) < 4.78 is 3.58. The molecule has 8 heteroatoms. The van der Waals surface area contributed by atoms with Crippen LogP contribution in [0.5, 0.6) is 0 Å². The van der Waals surface area contributed by atoms with E-state index in [0.717, 1.165) is 54.5 Å². The van der Waals surface area contributed by atoms with Crippen LogP contribution in [0.2, 0.25) is 0 Å². The van der Waals surface area contributed by atoms with Crippen molar-refractivity contribution < 1.29 is 4.79 Å². The predicted molar refractivity (Wildman–Crippen MR) is 82.7 cm³/mol. The van der Waals surface area contributed by atoms with Crippen LogP contribution >= 0.6 is 11.3 Å². The van der Waals surface area contributed by atoms with E-state index < -0.39 is 0 Å². The largest absolute Gasteiger partial charge is 0.347 e. The van der Waals surface area contributed by atoms with Gasteiger partial charge in [-0.2, -0.15) is 0 Å². The fraction of sp³-hybridized carbons (Fsp3) is 0.571. The molecule has 2 aromatic rings. The van der Waals surface area contributed by atoms with E-state index in [1.807, 2.05) is 6.92 Å². The quantitative estimate of drug-likeness (QED) is 0.905. The van der Waals surface area contributed by atoms with Gasteiger partial charge in [-0.05, 0) is 19.8 Å². The van der Waals surface area contributed by atoms with Crippen molar-refractivity contribution in [1.29, 1.82) is 0 Å². The number of carbonyl (C=O) groups excluding carboxylic acids is 1. The molecule has 1 aliphatic rings. The van der Waals surface area contributed by atoms with Gasteiger partial charge in [0.2, 0.25) is 5.91 Å². The Bertz CT molecular complexity index is 730. The molecule has 1 aliphatic heterocycles. The first-order valence-electron chi connectivity index (χ1n) is 7.48. The second-order valence-electron chi connectivity index (χ2n) is 5.50. The molecule has 1 N–H and O–H groups in total. The highest BCUT2D eigenvalue weighted by molar-refractivity contribution is 7.07. The molecular weight excluding hydrogens is 302 g/mol. The molecule has 0 atom stereocenters. The topological polar surface area (TPSA) is 81.8 Å². The molecule has 2 aromatic heterocycles. The lowest BCUT2D eigenvalue weighted by Gasteiger charge is -2.09. The Morgan fingerprint density at radius 2 is 2.23 bits per heavy atom. The second-order valence-corrected chi connectivity index (χ2v) is 6.32. The first-order valence-corrected chi connectivity index (χ1v) is 8.35. The molecule has 1 amide bonds. The Morgan fingerprint density at radius 3 is 3.00 bits per heavy atom. The van der Waals surface area contributed by atoms with E-state index in [2.05, 4.69) is 20.1 Å². The van der Waals surface area contributed by atoms with Gasteiger partial charge in [0.25, 0.3) is 0 Å². The fourth-order valence-corrected chi connectivity index (χ4v) is 3.38. The number of nitrogens with zero attached hydrogens (tertiary/aromatic N) is 4. The number of hydrogen-bond acceptors (Lipinski definition) is 5. The highest BCUT2D eigenvalue weighted by Gasteiger charge is 2.15. The first kappa shape index (κ1) is 15.0. The Labute approximate surface area is 132 Å². The normalized spacial score (nSPS) is 14.4. The summed E-state index contributed by atoms with van der Waals surface area (Å²) in [5.74, 6) is 1.61. The van der Waals surface area contributed by atoms with Crippen LogP contribution in [0.25, 0.3) is 0 Å². The average molecular weight is 321 g/mol. The Morgan fingerprint density at radius 1 is 1.36 bits per heavy atom. The minimum absolute atomic E-state index is 0.0508. The van der Waals surface area contributed by atoms with E-state index in [4.69, 9.17) is 0 Å². The van der Waals surface area contributed by atoms with Crippen LogP contribution in [-0.2, 0) is 30.8 Å². The molecular formula is C14H19N5O2S. The van der Waals surface area contributed by atoms with Crippen LogP contribution in [0.15, 0.2) is 10.2 Å². The molecule has 3 rings (SSSR count). The summed E-state index contributed by atoms with van der Waals surface area (Å²) in [6.07, 6.45) is 4.42. The molecule has 0 aliphatic carbocycles. The molecule has 118 valence electrons. The van der Waals surface area contributed by atoms with Gasteiger partial charge in [-0.25, -0.2) is 0 Å². The van der Waals surface area contributed by atoms with Crippen LogP contribution in [0, 0.1) is 6.92 Å². The molecule has 0 saturated carbocycles. The number of fused-ring (bicyclic) bond motifs is 1. The first-order chi connectivity index (χ1) is 10.6. The molecule has 0 aromatic carbocycles. The summed E-state index contributed by atoms with van der Waals surface area (Å²) in [7, 11) is 0. The van der Waals surface area contributed by atoms with Gasteiger partial charge in [0.05, 0.1) is 6.54 Å². The Kier molecular flexibility index (Phi) is 4.37. The summed E-state index contributed by atoms with van der Waals surface area (Å²) in [6.45, 7) is 3.14. The number of amides is 1. The van der Waals surface area contributed by atoms with Gasteiger partial charge in [0.1, 0.15) is 12.4 Å². The number of aromatic nitrogens is 4. The van der Waals surface area contributed by atoms with Crippen molar-refractivity contribution in [1.82, 2.24) is 24.6 Å². The lowest BCUT2D eigenvalue weighted by Crippen LogP contribution is -2.31. The predicted octanol–water partition coefficient (Wildman–Crippen LogP) is 0.853. The van der Waals surface area contributed by atoms with Crippen molar-refractivity contribution in [3.05, 3.63) is 32.4 Å². The lowest BCUT2D eigenvalue weighted by molar-refractivity contribution is -0.121. The van der Waals surface area contributed by atoms with E-state index in [-0.39, 0.29) is 17.3 Å². The van der Waals surface area contributed by atoms with Crippen molar-refractivity contribution in [2.24, 2.45) is 0 Å². The van der Waals surface area contributed by atoms with E-state index in [1.54, 1.807) is 5.38 Å². The van der Waals surface area contributed by atoms with E-state index in [1.165, 1.54) is 11.0 Å². The lowest BCUT2D eigenvalue weighted by atomic mass is 10.2. The van der Waals surface area contributed by atoms with E-state index in [0.29, 0.717) is 6.54 Å². The second kappa shape index (κ2) is 6.43. The third kappa shape index (κ3) is 3.11. The maximum Gasteiger partial charge on any atom is 0.307 e. The molecule has 3 heterocycles. The minimum atomic E-state index is -0.186. The number of hydrogen-bond donors (Lipinski definition) is 1. The fourth-order valence-electron chi connectivity index (χ4n) is 2.65. The summed E-state index contributed by atoms with van der Waals surface area (Å²) in [4.78, 5) is 23.5. The highest BCUT2D eigenvalue weighted by atomic mass is 32.1. The number of thiazole rings is 1. The molecule has 22 heavy (non-hydrogen) atoms. The minimum Gasteiger partial charge on any atom is -0.347 e. The third-order valence-corrected chi connectivity index (χ3v) is 4.79. The summed E-state index contributed by atoms with van der Waals surface area (Å²) in [5, 5.41) is 13.0. The van der Waals surface area contributed by atoms with Gasteiger partial charge in [-0.15, -0.1) is 10.2 Å². The Hall–Kier alpha value is -1.96. The molecule has 0 unspecified atom stereocenters. The SMILES string of the molecule is Cc1csc(=O)n1CC(=O)NCc1nnc2n1CCCCC2. The van der Waals surface area contributed by atoms with Crippen molar-refractivity contribution in [3.8, 4) is 0 Å². The maximum absolute atomic E-state index is 12.0. The van der Waals surface area contributed by atoms with Gasteiger partial charge < -0.3 is 9.88 Å². The van der Waals surface area contributed by atoms with Gasteiger partial charge in [-0.3, -0.25) is 14.2 Å². The standard InChI is InChI=1S/C14H19N5O2S/c1-10-9-22-14(21)19(10)8-13(20)15-7-12-17-16-11-5-3-2-4-6-18(11)12/h9H,2-8H2,1H3,(H,15,20). The van der Waals surface area contributed by atoms with Gasteiger partial charge in [0.15, 0.2) is 5.82 Å². The van der Waals surface area contributed by atoms with E-state index in [9.17, 15) is 9.59 Å². The zero-order valence-corrected chi connectivity index (χ0v) is 13.4. The molecule has 0 spiro atoms. The summed E-state index contributed by atoms with van der Waals surface area (Å²) in [6, 6.07) is 0. The van der Waals surface area contributed by atoms with Crippen molar-refractivity contribution >= 4 is 17.2 Å². The van der Waals surface area contributed by atoms with E-state index >= 15 is 0 Å². The molecule has 0 bridgehead atoms. The highest BCUT2D eigenvalue weighted by Crippen LogP contribution is 2.14. The smallest absolute Gasteiger partial charge is 0.307 e. The van der Waals surface area contributed by atoms with Crippen LogP contribution in [0.1, 0.15) is 36.6 Å². The molecule has 0 saturated heterocycles. The number of carbonyl (C=O) groups is 1. The number of nitrogens with one attached hydrogen (secondary N) is 1. The van der Waals surface area contributed by atoms with Crippen molar-refractivity contribution in [2.45, 2.75) is 52.2 Å². The van der Waals surface area contributed by atoms with Crippen LogP contribution in [0.4, 0.5) is 0 Å². The van der Waals surface area contributed by atoms with Crippen LogP contribution in [0.3, 0.4) is 0 Å². The maximum atomic E-state index is 12.0. The zero-order valence-electron chi connectivity index (χ0n) is 12.5. The summed E-state index contributed by atoms with van der Waals surface area (Å²) >= 11 is 1.11. The van der Waals surface area contributed by atoms with Gasteiger partial charge in [-0.1, -0.05) is 17.8 Å². The average Bonchev–Trinajstić information content (AvgIpc) is 2.93. The van der Waals surface area contributed by atoms with Crippen molar-refractivity contribution in [3.63, 3.8) is 0 Å². The van der Waals surface area contributed by atoms with Crippen LogP contribution < -0.4 is 10.2 Å². The zero-order chi connectivity index (χ0) is 15.5. The Balaban J connectivity index is 1.62. The summed E-state index contributed by atoms with van der Waals surface area (Å²) in [5.41, 5.74) is 0.807. The van der Waals surface area contributed by atoms with Gasteiger partial charge in [0, 0.05) is 24.0 Å². The molecule has 0 radical (unpaired) electrons. The van der Waals surface area contributed by atoms with Crippen molar-refractivity contribution in [2.75, 3.05) is 0 Å². The third-order valence-electron chi connectivity index (χ3n) is 3.91. The number of rotatable bonds is 4. The number of aryl methyl sites for hydroxylation is 2. The molecule has 0 fully saturated rings. The van der Waals surface area contributed by atoms with Crippen LogP contribution in [-0.4, -0.2) is 25.2 Å². The van der Waals surface area contributed by atoms with Gasteiger partial charge >= 0.3 is 4.87 Å². The molecule has 7 nitrogen and oxygen atoms in total. The monoisotopic (exact) mass is 321 g/mol.